The molecule has 0 N–H and O–H groups in total. The second-order valence-corrected chi connectivity index (χ2v) is 6.28. The van der Waals surface area contributed by atoms with Crippen LogP contribution in [0.5, 0.6) is 0 Å². The van der Waals surface area contributed by atoms with Crippen molar-refractivity contribution in [3.8, 4) is 0 Å². The summed E-state index contributed by atoms with van der Waals surface area (Å²) in [4.78, 5) is 0. The minimum atomic E-state index is -7.35. The molecule has 1 saturated carbocycles. The van der Waals surface area contributed by atoms with Crippen LogP contribution >= 0.6 is 0 Å². The molecule has 3 rings (SSSR count). The molecule has 0 amide bonds. The van der Waals surface area contributed by atoms with E-state index in [1.54, 1.807) is 0 Å². The highest BCUT2D eigenvalue weighted by molar-refractivity contribution is 5.54. The highest BCUT2D eigenvalue weighted by Gasteiger charge is 3.08. The van der Waals surface area contributed by atoms with Crippen molar-refractivity contribution in [2.75, 3.05) is 0 Å². The third kappa shape index (κ3) is 1.67. The zero-order chi connectivity index (χ0) is 23.6. The van der Waals surface area contributed by atoms with Gasteiger partial charge in [0.25, 0.3) is 5.67 Å². The molecule has 0 saturated heterocycles. The summed E-state index contributed by atoms with van der Waals surface area (Å²) >= 11 is 0. The molecule has 2 aliphatic rings. The fourth-order valence-corrected chi connectivity index (χ4v) is 3.57. The Labute approximate surface area is 152 Å². The van der Waals surface area contributed by atoms with Crippen molar-refractivity contribution >= 4 is 0 Å². The van der Waals surface area contributed by atoms with Crippen LogP contribution in [0.3, 0.4) is 0 Å². The highest BCUT2D eigenvalue weighted by Crippen LogP contribution is 2.84. The van der Waals surface area contributed by atoms with Crippen molar-refractivity contribution in [1.82, 2.24) is 0 Å². The second kappa shape index (κ2) is 5.36. The van der Waals surface area contributed by atoms with E-state index >= 15 is 0 Å². The van der Waals surface area contributed by atoms with Crippen LogP contribution in [0.4, 0.5) is 70.2 Å². The van der Waals surface area contributed by atoms with Gasteiger partial charge in [0.05, 0.1) is 0 Å². The molecule has 1 aromatic carbocycles. The van der Waals surface area contributed by atoms with E-state index < -0.39 is 81.1 Å². The SMILES string of the molecule is FC1=C(F)C2(C(F)(F)c3c(F)c(F)c(F)c(F)c3F)C(F)(F)C(F)(F)C1(F)C2(F)F. The number of rotatable bonds is 2. The third-order valence-electron chi connectivity index (χ3n) is 5.02. The Balaban J connectivity index is 2.57. The molecule has 0 aliphatic heterocycles. The van der Waals surface area contributed by atoms with Crippen LogP contribution in [0.25, 0.3) is 0 Å². The largest absolute Gasteiger partial charge is 0.357 e. The number of halogens is 16. The van der Waals surface area contributed by atoms with Crippen molar-refractivity contribution in [2.24, 2.45) is 5.41 Å². The van der Waals surface area contributed by atoms with E-state index in [2.05, 4.69) is 0 Å². The fraction of sp³-hybridized carbons (Fsp3) is 0.429. The van der Waals surface area contributed by atoms with Crippen LogP contribution in [0.2, 0.25) is 0 Å². The number of allylic oxidation sites excluding steroid dienone is 2. The lowest BCUT2D eigenvalue weighted by Crippen LogP contribution is -2.61. The average molecular weight is 472 g/mol. The molecule has 0 radical (unpaired) electrons. The molecule has 0 nitrogen and oxygen atoms in total. The van der Waals surface area contributed by atoms with Gasteiger partial charge >= 0.3 is 23.7 Å². The molecule has 168 valence electrons. The first-order chi connectivity index (χ1) is 13.2. The maximum Gasteiger partial charge on any atom is 0.357 e. The summed E-state index contributed by atoms with van der Waals surface area (Å²) in [6, 6.07) is 0. The Hall–Kier alpha value is -2.16. The van der Waals surface area contributed by atoms with E-state index in [0.717, 1.165) is 0 Å². The molecule has 30 heavy (non-hydrogen) atoms. The van der Waals surface area contributed by atoms with E-state index in [1.807, 2.05) is 0 Å². The normalized spacial score (nSPS) is 31.6. The standard InChI is InChI=1S/C14F16/c15-2-1(3(16)5(18)6(19)4(2)17)11(23,24)9-7(20)8(21)10(22,12(9,25)26)14(29,30)13(9,27)28. The van der Waals surface area contributed by atoms with Crippen molar-refractivity contribution in [2.45, 2.75) is 29.4 Å². The molecule has 0 spiro atoms. The maximum absolute atomic E-state index is 14.6. The van der Waals surface area contributed by atoms with Gasteiger partial charge in [0, 0.05) is 0 Å². The number of hydrogen-bond donors (Lipinski definition) is 0. The summed E-state index contributed by atoms with van der Waals surface area (Å²) in [6.07, 6.45) is 0. The lowest BCUT2D eigenvalue weighted by molar-refractivity contribution is -0.317. The topological polar surface area (TPSA) is 0 Å². The molecule has 2 unspecified atom stereocenters. The first kappa shape index (κ1) is 22.5. The van der Waals surface area contributed by atoms with Gasteiger partial charge in [-0.3, -0.25) is 0 Å². The highest BCUT2D eigenvalue weighted by atomic mass is 19.3. The van der Waals surface area contributed by atoms with Crippen LogP contribution in [0.15, 0.2) is 11.7 Å². The van der Waals surface area contributed by atoms with Crippen molar-refractivity contribution in [3.05, 3.63) is 46.3 Å². The van der Waals surface area contributed by atoms with Gasteiger partial charge in [0.2, 0.25) is 11.2 Å². The Bertz CT molecular complexity index is 977. The van der Waals surface area contributed by atoms with Crippen LogP contribution < -0.4 is 0 Å². The molecule has 1 fully saturated rings. The second-order valence-electron chi connectivity index (χ2n) is 6.28. The molecule has 2 bridgehead atoms. The average Bonchev–Trinajstić information content (AvgIpc) is 2.78. The van der Waals surface area contributed by atoms with Gasteiger partial charge < -0.3 is 0 Å². The molecule has 2 atom stereocenters. The zero-order valence-corrected chi connectivity index (χ0v) is 13.0. The van der Waals surface area contributed by atoms with Crippen LogP contribution in [-0.2, 0) is 5.92 Å². The van der Waals surface area contributed by atoms with E-state index in [-0.39, 0.29) is 0 Å². The minimum absolute atomic E-state index is 3.22. The molecule has 0 aromatic heterocycles. The number of hydrogen-bond acceptors (Lipinski definition) is 0. The Kier molecular flexibility index (Phi) is 4.02. The molecule has 1 aromatic rings. The predicted molar refractivity (Wildman–Crippen MR) is 60.5 cm³/mol. The first-order valence-electron chi connectivity index (χ1n) is 7.02. The maximum atomic E-state index is 14.6. The summed E-state index contributed by atoms with van der Waals surface area (Å²) in [5.41, 5.74) is -17.7. The number of alkyl halides is 9. The van der Waals surface area contributed by atoms with Gasteiger partial charge in [0.15, 0.2) is 34.9 Å². The summed E-state index contributed by atoms with van der Waals surface area (Å²) in [6.45, 7) is 0. The summed E-state index contributed by atoms with van der Waals surface area (Å²) in [5, 5.41) is 0. The Morgan fingerprint density at radius 3 is 1.23 bits per heavy atom. The minimum Gasteiger partial charge on any atom is -0.222 e. The van der Waals surface area contributed by atoms with Gasteiger partial charge in [-0.25, -0.2) is 43.9 Å². The quantitative estimate of drug-likeness (QED) is 0.271. The predicted octanol–water partition coefficient (Wildman–Crippen LogP) is 6.25. The van der Waals surface area contributed by atoms with Gasteiger partial charge in [-0.05, 0) is 0 Å². The smallest absolute Gasteiger partial charge is 0.222 e. The summed E-state index contributed by atoms with van der Waals surface area (Å²) in [7, 11) is 0. The van der Waals surface area contributed by atoms with E-state index in [4.69, 9.17) is 0 Å². The third-order valence-corrected chi connectivity index (χ3v) is 5.02. The first-order valence-corrected chi connectivity index (χ1v) is 7.02. The zero-order valence-electron chi connectivity index (χ0n) is 13.0. The molecule has 0 heterocycles. The van der Waals surface area contributed by atoms with E-state index in [9.17, 15) is 70.2 Å². The van der Waals surface area contributed by atoms with Gasteiger partial charge in [-0.15, -0.1) is 0 Å². The lowest BCUT2D eigenvalue weighted by atomic mass is 9.71. The van der Waals surface area contributed by atoms with Gasteiger partial charge in [-0.1, -0.05) is 0 Å². The van der Waals surface area contributed by atoms with Crippen molar-refractivity contribution in [1.29, 1.82) is 0 Å². The number of fused-ring (bicyclic) bond motifs is 2. The van der Waals surface area contributed by atoms with Crippen LogP contribution in [0.1, 0.15) is 5.56 Å². The summed E-state index contributed by atoms with van der Waals surface area (Å²) in [5.74, 6) is -54.9. The molecule has 2 aliphatic carbocycles. The van der Waals surface area contributed by atoms with E-state index in [1.165, 1.54) is 0 Å². The molecular formula is C14F16. The van der Waals surface area contributed by atoms with Crippen LogP contribution in [0, 0.1) is 34.5 Å². The molecule has 16 heteroatoms. The van der Waals surface area contributed by atoms with Crippen molar-refractivity contribution in [3.63, 3.8) is 0 Å². The lowest BCUT2D eigenvalue weighted by Gasteiger charge is -2.41. The number of benzene rings is 1. The Morgan fingerprint density at radius 2 is 0.833 bits per heavy atom. The molecular weight excluding hydrogens is 472 g/mol. The summed E-state index contributed by atoms with van der Waals surface area (Å²) < 4.78 is 221. The van der Waals surface area contributed by atoms with E-state index in [0.29, 0.717) is 0 Å². The van der Waals surface area contributed by atoms with Gasteiger partial charge in [0.1, 0.15) is 5.56 Å². The van der Waals surface area contributed by atoms with Crippen molar-refractivity contribution < 1.29 is 70.2 Å². The van der Waals surface area contributed by atoms with Gasteiger partial charge in [-0.2, -0.15) is 26.3 Å². The fourth-order valence-electron chi connectivity index (χ4n) is 3.57. The van der Waals surface area contributed by atoms with Crippen LogP contribution in [-0.4, -0.2) is 23.4 Å². The monoisotopic (exact) mass is 472 g/mol. The Morgan fingerprint density at radius 1 is 0.467 bits per heavy atom.